The molecule has 8 nitrogen and oxygen atoms in total. The molecule has 0 saturated heterocycles. The second kappa shape index (κ2) is 6.57. The van der Waals surface area contributed by atoms with Crippen LogP contribution < -0.4 is 21.5 Å². The largest absolute Gasteiger partial charge is 0.446 e. The van der Waals surface area contributed by atoms with Gasteiger partial charge in [0.15, 0.2) is 0 Å². The molecule has 1 aromatic carbocycles. The Balaban J connectivity index is 2.71. The minimum atomic E-state index is -1.01. The average molecular weight is 288 g/mol. The monoisotopic (exact) mass is 287 g/mol. The number of rotatable bonds is 2. The maximum absolute atomic E-state index is 11.2. The van der Waals surface area contributed by atoms with Crippen LogP contribution in [-0.4, -0.2) is 18.0 Å². The molecule has 0 aliphatic carbocycles. The van der Waals surface area contributed by atoms with Crippen LogP contribution in [0.1, 0.15) is 17.3 Å². The second-order valence-electron chi connectivity index (χ2n) is 3.20. The smallest absolute Gasteiger partial charge is 0.408 e. The highest BCUT2D eigenvalue weighted by Crippen LogP contribution is 2.22. The van der Waals surface area contributed by atoms with Crippen molar-refractivity contribution in [2.45, 2.75) is 6.92 Å². The number of hydrogen-bond acceptors (Lipinski definition) is 6. The van der Waals surface area contributed by atoms with Crippen LogP contribution in [0.25, 0.3) is 0 Å². The summed E-state index contributed by atoms with van der Waals surface area (Å²) in [5.74, 6) is 3.73. The summed E-state index contributed by atoms with van der Waals surface area (Å²) in [6.07, 6.45) is -1.01. The molecule has 0 spiro atoms. The van der Waals surface area contributed by atoms with Gasteiger partial charge in [0.05, 0.1) is 10.6 Å². The first-order valence-corrected chi connectivity index (χ1v) is 5.27. The van der Waals surface area contributed by atoms with Crippen molar-refractivity contribution in [3.8, 4) is 5.75 Å². The van der Waals surface area contributed by atoms with Crippen molar-refractivity contribution in [1.29, 1.82) is 0 Å². The number of nitrogens with two attached hydrogens (primary N) is 1. The Kier molecular flexibility index (Phi) is 5.10. The normalized spacial score (nSPS) is 9.42. The summed E-state index contributed by atoms with van der Waals surface area (Å²) in [7, 11) is 0. The standard InChI is InChI=1S/C10H10ClN3O5/c1-5(15)19-14-10(17)18-6-2-3-7(8(11)4-6)9(16)13-12/h2-4H,12H2,1H3,(H,13,16)(H,14,17). The highest BCUT2D eigenvalue weighted by molar-refractivity contribution is 6.34. The molecule has 102 valence electrons. The summed E-state index contributed by atoms with van der Waals surface area (Å²) in [6, 6.07) is 3.88. The van der Waals surface area contributed by atoms with Crippen molar-refractivity contribution in [2.75, 3.05) is 0 Å². The van der Waals surface area contributed by atoms with E-state index in [4.69, 9.17) is 22.2 Å². The predicted octanol–water partition coefficient (Wildman–Crippen LogP) is 0.510. The maximum atomic E-state index is 11.2. The molecule has 1 rings (SSSR count). The van der Waals surface area contributed by atoms with E-state index in [1.165, 1.54) is 18.2 Å². The second-order valence-corrected chi connectivity index (χ2v) is 3.61. The summed E-state index contributed by atoms with van der Waals surface area (Å²) in [6.45, 7) is 1.11. The number of carbonyl (C=O) groups excluding carboxylic acids is 3. The molecule has 2 amide bonds. The first-order valence-electron chi connectivity index (χ1n) is 4.89. The van der Waals surface area contributed by atoms with Gasteiger partial charge >= 0.3 is 12.1 Å². The van der Waals surface area contributed by atoms with Crippen molar-refractivity contribution in [3.63, 3.8) is 0 Å². The molecule has 0 aliphatic rings. The first-order chi connectivity index (χ1) is 8.93. The maximum Gasteiger partial charge on any atom is 0.446 e. The highest BCUT2D eigenvalue weighted by Gasteiger charge is 2.12. The number of nitrogens with one attached hydrogen (secondary N) is 2. The number of halogens is 1. The molecule has 0 fully saturated rings. The summed E-state index contributed by atoms with van der Waals surface area (Å²) in [4.78, 5) is 37.0. The Morgan fingerprint density at radius 1 is 1.32 bits per heavy atom. The van der Waals surface area contributed by atoms with Crippen molar-refractivity contribution in [1.82, 2.24) is 10.9 Å². The van der Waals surface area contributed by atoms with Crippen molar-refractivity contribution in [3.05, 3.63) is 28.8 Å². The lowest BCUT2D eigenvalue weighted by molar-refractivity contribution is -0.146. The van der Waals surface area contributed by atoms with Crippen LogP contribution in [0.3, 0.4) is 0 Å². The number of nitrogen functional groups attached to an aromatic ring is 1. The third-order valence-corrected chi connectivity index (χ3v) is 2.12. The molecule has 0 aromatic heterocycles. The van der Waals surface area contributed by atoms with Crippen LogP contribution in [-0.2, 0) is 9.63 Å². The fourth-order valence-electron chi connectivity index (χ4n) is 1.06. The molecular formula is C10H10ClN3O5. The molecule has 0 radical (unpaired) electrons. The molecule has 0 heterocycles. The number of hydrazine groups is 1. The first kappa shape index (κ1) is 14.7. The highest BCUT2D eigenvalue weighted by atomic mass is 35.5. The summed E-state index contributed by atoms with van der Waals surface area (Å²) in [5.41, 5.74) is 3.78. The van der Waals surface area contributed by atoms with E-state index < -0.39 is 18.0 Å². The number of hydrogen-bond donors (Lipinski definition) is 3. The Hall–Kier alpha value is -2.32. The van der Waals surface area contributed by atoms with Crippen molar-refractivity contribution in [2.24, 2.45) is 5.84 Å². The molecule has 0 saturated carbocycles. The number of ether oxygens (including phenoxy) is 1. The minimum absolute atomic E-state index is 0.0423. The van der Waals surface area contributed by atoms with E-state index in [9.17, 15) is 14.4 Å². The lowest BCUT2D eigenvalue weighted by Crippen LogP contribution is -2.30. The molecule has 0 atom stereocenters. The predicted molar refractivity (Wildman–Crippen MR) is 64.0 cm³/mol. The average Bonchev–Trinajstić information content (AvgIpc) is 2.35. The van der Waals surface area contributed by atoms with Crippen LogP contribution >= 0.6 is 11.6 Å². The zero-order valence-corrected chi connectivity index (χ0v) is 10.5. The van der Waals surface area contributed by atoms with Gasteiger partial charge in [0.2, 0.25) is 0 Å². The van der Waals surface area contributed by atoms with Gasteiger partial charge in [-0.15, -0.1) is 5.48 Å². The van der Waals surface area contributed by atoms with Crippen LogP contribution in [0.4, 0.5) is 4.79 Å². The Morgan fingerprint density at radius 2 is 2.00 bits per heavy atom. The number of benzene rings is 1. The summed E-state index contributed by atoms with van der Waals surface area (Å²) >= 11 is 5.80. The van der Waals surface area contributed by atoms with E-state index in [1.807, 2.05) is 5.43 Å². The SMILES string of the molecule is CC(=O)ONC(=O)Oc1ccc(C(=O)NN)c(Cl)c1. The summed E-state index contributed by atoms with van der Waals surface area (Å²) < 4.78 is 4.74. The van der Waals surface area contributed by atoms with Crippen molar-refractivity contribution >= 4 is 29.6 Å². The molecule has 0 unspecified atom stereocenters. The van der Waals surface area contributed by atoms with Crippen LogP contribution in [0.15, 0.2) is 18.2 Å². The molecule has 19 heavy (non-hydrogen) atoms. The Morgan fingerprint density at radius 3 is 2.53 bits per heavy atom. The molecular weight excluding hydrogens is 278 g/mol. The number of hydroxylamine groups is 1. The van der Waals surface area contributed by atoms with Gasteiger partial charge in [0, 0.05) is 13.0 Å². The quantitative estimate of drug-likeness (QED) is 0.414. The lowest BCUT2D eigenvalue weighted by atomic mass is 10.2. The van der Waals surface area contributed by atoms with E-state index in [1.54, 1.807) is 5.48 Å². The van der Waals surface area contributed by atoms with Gasteiger partial charge in [-0.3, -0.25) is 15.0 Å². The van der Waals surface area contributed by atoms with Crippen LogP contribution in [0, 0.1) is 0 Å². The Labute approximate surface area is 112 Å². The van der Waals surface area contributed by atoms with Gasteiger partial charge in [-0.05, 0) is 12.1 Å². The third kappa shape index (κ3) is 4.45. The third-order valence-electron chi connectivity index (χ3n) is 1.80. The molecule has 9 heteroatoms. The fraction of sp³-hybridized carbons (Fsp3) is 0.100. The summed E-state index contributed by atoms with van der Waals surface area (Å²) in [5, 5.41) is 0.0423. The van der Waals surface area contributed by atoms with Gasteiger partial charge < -0.3 is 9.57 Å². The van der Waals surface area contributed by atoms with Crippen molar-refractivity contribution < 1.29 is 24.0 Å². The van der Waals surface area contributed by atoms with Gasteiger partial charge in [0.1, 0.15) is 5.75 Å². The van der Waals surface area contributed by atoms with Crippen LogP contribution in [0.5, 0.6) is 5.75 Å². The van der Waals surface area contributed by atoms with Crippen LogP contribution in [0.2, 0.25) is 5.02 Å². The molecule has 4 N–H and O–H groups in total. The topological polar surface area (TPSA) is 120 Å². The zero-order chi connectivity index (χ0) is 14.4. The van der Waals surface area contributed by atoms with E-state index in [2.05, 4.69) is 4.84 Å². The van der Waals surface area contributed by atoms with Gasteiger partial charge in [-0.2, -0.15) is 0 Å². The van der Waals surface area contributed by atoms with E-state index in [-0.39, 0.29) is 16.3 Å². The number of amides is 2. The van der Waals surface area contributed by atoms with E-state index in [0.29, 0.717) is 0 Å². The molecule has 0 bridgehead atoms. The van der Waals surface area contributed by atoms with E-state index in [0.717, 1.165) is 6.92 Å². The lowest BCUT2D eigenvalue weighted by Gasteiger charge is -2.07. The fourth-order valence-corrected chi connectivity index (χ4v) is 1.32. The minimum Gasteiger partial charge on any atom is -0.408 e. The van der Waals surface area contributed by atoms with Gasteiger partial charge in [-0.1, -0.05) is 11.6 Å². The van der Waals surface area contributed by atoms with Gasteiger partial charge in [0.25, 0.3) is 5.91 Å². The van der Waals surface area contributed by atoms with E-state index >= 15 is 0 Å². The molecule has 1 aromatic rings. The number of carbonyl (C=O) groups is 3. The zero-order valence-electron chi connectivity index (χ0n) is 9.73. The van der Waals surface area contributed by atoms with Gasteiger partial charge in [-0.25, -0.2) is 10.6 Å². The Bertz CT molecular complexity index is 520. The molecule has 0 aliphatic heterocycles.